The van der Waals surface area contributed by atoms with Gasteiger partial charge in [0.2, 0.25) is 11.8 Å². The highest BCUT2D eigenvalue weighted by atomic mass is 19.2. The van der Waals surface area contributed by atoms with Crippen molar-refractivity contribution in [3.05, 3.63) is 77.4 Å². The van der Waals surface area contributed by atoms with E-state index in [4.69, 9.17) is 14.2 Å². The molecule has 2 aromatic carbocycles. The van der Waals surface area contributed by atoms with E-state index in [-0.39, 0.29) is 30.4 Å². The Kier molecular flexibility index (Phi) is 6.83. The predicted molar refractivity (Wildman–Crippen MR) is 149 cm³/mol. The van der Waals surface area contributed by atoms with Crippen molar-refractivity contribution in [3.63, 3.8) is 0 Å². The normalized spacial score (nSPS) is 32.1. The molecule has 1 aromatic heterocycles. The molecule has 2 N–H and O–H groups in total. The lowest BCUT2D eigenvalue weighted by Gasteiger charge is -2.41. The Morgan fingerprint density at radius 2 is 1.68 bits per heavy atom. The molecule has 1 aliphatic carbocycles. The summed E-state index contributed by atoms with van der Waals surface area (Å²) in [6, 6.07) is 18.5. The van der Waals surface area contributed by atoms with Gasteiger partial charge in [-0.3, -0.25) is 0 Å². The van der Waals surface area contributed by atoms with E-state index in [1.807, 2.05) is 61.5 Å². The van der Waals surface area contributed by atoms with Crippen LogP contribution < -0.4 is 19.1 Å². The van der Waals surface area contributed by atoms with E-state index in [0.29, 0.717) is 23.5 Å². The first-order chi connectivity index (χ1) is 19.6. The second-order valence-corrected chi connectivity index (χ2v) is 11.4. The van der Waals surface area contributed by atoms with Gasteiger partial charge in [0.1, 0.15) is 5.75 Å². The van der Waals surface area contributed by atoms with Gasteiger partial charge in [-0.1, -0.05) is 42.5 Å². The number of ether oxygens (including phenoxy) is 3. The fourth-order valence-electron chi connectivity index (χ4n) is 7.14. The minimum Gasteiger partial charge on any atom is -0.481 e. The zero-order valence-corrected chi connectivity index (χ0v) is 23.5. The van der Waals surface area contributed by atoms with Gasteiger partial charge in [0.05, 0.1) is 39.0 Å². The van der Waals surface area contributed by atoms with Crippen LogP contribution in [0.15, 0.2) is 60.7 Å². The predicted octanol–water partition coefficient (Wildman–Crippen LogP) is 3.41. The monoisotopic (exact) mass is 567 g/mol. The maximum absolute atomic E-state index is 14.0. The Bertz CT molecular complexity index is 1400. The Labute approximate surface area is 238 Å². The first-order valence-electron chi connectivity index (χ1n) is 13.7. The molecule has 1 saturated heterocycles. The van der Waals surface area contributed by atoms with Gasteiger partial charge in [-0.05, 0) is 37.4 Å². The minimum absolute atomic E-state index is 0.0313. The number of halogens is 2. The van der Waals surface area contributed by atoms with E-state index in [1.165, 1.54) is 14.2 Å². The number of aliphatic hydroxyl groups is 2. The molecule has 2 aliphatic heterocycles. The number of hydrogen-bond acceptors (Lipinski definition) is 8. The van der Waals surface area contributed by atoms with Crippen molar-refractivity contribution in [3.8, 4) is 17.5 Å². The molecule has 0 amide bonds. The van der Waals surface area contributed by atoms with Crippen LogP contribution in [0.4, 0.5) is 14.5 Å². The lowest BCUT2D eigenvalue weighted by molar-refractivity contribution is -0.152. The maximum Gasteiger partial charge on any atom is 0.226 e. The number of methoxy groups -OCH3 is 2. The molecule has 3 aromatic rings. The van der Waals surface area contributed by atoms with Crippen LogP contribution in [0.25, 0.3) is 0 Å². The third-order valence-corrected chi connectivity index (χ3v) is 8.83. The molecule has 7 atom stereocenters. The summed E-state index contributed by atoms with van der Waals surface area (Å²) in [5.41, 5.74) is -1.09. The number of aliphatic hydroxyl groups excluding tert-OH is 1. The van der Waals surface area contributed by atoms with Crippen LogP contribution >= 0.6 is 0 Å². The van der Waals surface area contributed by atoms with E-state index >= 15 is 0 Å². The number of anilines is 1. The third-order valence-electron chi connectivity index (χ3n) is 8.83. The van der Waals surface area contributed by atoms with Gasteiger partial charge in [0.15, 0.2) is 23.5 Å². The summed E-state index contributed by atoms with van der Waals surface area (Å²) in [5, 5.41) is 25.1. The molecule has 10 heteroatoms. The maximum atomic E-state index is 14.0. The van der Waals surface area contributed by atoms with Crippen molar-refractivity contribution in [2.24, 2.45) is 5.92 Å². The molecular weight excluding hydrogens is 532 g/mol. The van der Waals surface area contributed by atoms with Crippen molar-refractivity contribution in [2.45, 2.75) is 35.6 Å². The Balaban J connectivity index is 1.59. The van der Waals surface area contributed by atoms with Gasteiger partial charge in [0.25, 0.3) is 0 Å². The van der Waals surface area contributed by atoms with Gasteiger partial charge in [-0.15, -0.1) is 0 Å². The topological polar surface area (TPSA) is 87.5 Å². The molecule has 2 fully saturated rings. The van der Waals surface area contributed by atoms with Crippen LogP contribution in [0, 0.1) is 5.92 Å². The molecule has 0 unspecified atom stereocenters. The largest absolute Gasteiger partial charge is 0.481 e. The molecular formula is C31H35F2N3O5. The van der Waals surface area contributed by atoms with Crippen LogP contribution in [-0.2, 0) is 11.2 Å². The van der Waals surface area contributed by atoms with E-state index in [1.54, 1.807) is 23.1 Å². The van der Waals surface area contributed by atoms with Gasteiger partial charge < -0.3 is 34.2 Å². The van der Waals surface area contributed by atoms with Crippen molar-refractivity contribution >= 4 is 5.69 Å². The Morgan fingerprint density at radius 1 is 1.02 bits per heavy atom. The molecule has 0 bridgehead atoms. The van der Waals surface area contributed by atoms with Crippen molar-refractivity contribution in [1.82, 2.24) is 9.88 Å². The van der Waals surface area contributed by atoms with Crippen molar-refractivity contribution in [1.29, 1.82) is 0 Å². The molecule has 1 saturated carbocycles. The molecule has 3 aliphatic rings. The van der Waals surface area contributed by atoms with Gasteiger partial charge >= 0.3 is 0 Å². The zero-order chi connectivity index (χ0) is 29.1. The fraction of sp³-hybridized carbons (Fsp3) is 0.452. The Hall–Kier alpha value is -3.47. The van der Waals surface area contributed by atoms with Crippen molar-refractivity contribution in [2.75, 3.05) is 52.8 Å². The number of nitrogens with zero attached hydrogens (tertiary/aromatic N) is 3. The molecule has 6 rings (SSSR count). The standard InChI is InChI=1S/C31H35F2N3O5/c1-35(2)15-21-26(18-8-6-5-7-9-18)31(19-10-12-20(13-11-19)36-16-22(32)23(33)17-36)30(38,28(21)37)27-24(41-31)14-25(39-3)34-29(27)40-4/h5-14,21-23,26,28,37-38H,15-17H2,1-4H3/t21-,22+,23+,26-,28-,30+,31+/m1/s1. The Morgan fingerprint density at radius 3 is 2.27 bits per heavy atom. The highest BCUT2D eigenvalue weighted by Gasteiger charge is 2.77. The number of fused-ring (bicyclic) bond motifs is 3. The second-order valence-electron chi connectivity index (χ2n) is 11.4. The number of rotatable bonds is 7. The summed E-state index contributed by atoms with van der Waals surface area (Å²) >= 11 is 0. The molecule has 41 heavy (non-hydrogen) atoms. The molecule has 8 nitrogen and oxygen atoms in total. The van der Waals surface area contributed by atoms with Crippen LogP contribution in [0.1, 0.15) is 22.6 Å². The number of alkyl halides is 2. The van der Waals surface area contributed by atoms with E-state index in [9.17, 15) is 19.0 Å². The number of aromatic nitrogens is 1. The lowest BCUT2D eigenvalue weighted by Crippen LogP contribution is -2.52. The summed E-state index contributed by atoms with van der Waals surface area (Å²) in [6.07, 6.45) is -4.36. The van der Waals surface area contributed by atoms with Crippen molar-refractivity contribution < 1.29 is 33.2 Å². The van der Waals surface area contributed by atoms with Crippen LogP contribution in [0.5, 0.6) is 17.5 Å². The lowest BCUT2D eigenvalue weighted by atomic mass is 9.70. The number of hydrogen-bond donors (Lipinski definition) is 2. The van der Waals surface area contributed by atoms with Gasteiger partial charge in [-0.2, -0.15) is 4.98 Å². The molecule has 0 radical (unpaired) electrons. The highest BCUT2D eigenvalue weighted by Crippen LogP contribution is 2.70. The summed E-state index contributed by atoms with van der Waals surface area (Å²) in [6.45, 7) is 0.393. The summed E-state index contributed by atoms with van der Waals surface area (Å²) in [5.74, 6) is -0.353. The molecule has 0 spiro atoms. The first kappa shape index (κ1) is 27.7. The zero-order valence-electron chi connectivity index (χ0n) is 23.5. The first-order valence-corrected chi connectivity index (χ1v) is 13.7. The summed E-state index contributed by atoms with van der Waals surface area (Å²) in [4.78, 5) is 8.07. The fourth-order valence-corrected chi connectivity index (χ4v) is 7.14. The summed E-state index contributed by atoms with van der Waals surface area (Å²) < 4.78 is 45.9. The van der Waals surface area contributed by atoms with E-state index in [0.717, 1.165) is 5.56 Å². The minimum atomic E-state index is -1.97. The SMILES string of the molecule is COc1cc2c(c(OC)n1)[C@]1(O)[C@H](O)[C@H](CN(C)C)[C@@H](c3ccccc3)[C@]1(c1ccc(N3C[C@H](F)[C@@H](F)C3)cc1)O2. The second kappa shape index (κ2) is 10.1. The average molecular weight is 568 g/mol. The van der Waals surface area contributed by atoms with Crippen LogP contribution in [-0.4, -0.2) is 86.5 Å². The molecule has 3 heterocycles. The van der Waals surface area contributed by atoms with Gasteiger partial charge in [0, 0.05) is 30.1 Å². The van der Waals surface area contributed by atoms with Crippen LogP contribution in [0.3, 0.4) is 0 Å². The van der Waals surface area contributed by atoms with Crippen LogP contribution in [0.2, 0.25) is 0 Å². The number of benzene rings is 2. The summed E-state index contributed by atoms with van der Waals surface area (Å²) in [7, 11) is 6.76. The third kappa shape index (κ3) is 3.99. The van der Waals surface area contributed by atoms with E-state index in [2.05, 4.69) is 4.98 Å². The number of pyridine rings is 1. The average Bonchev–Trinajstić information content (AvgIpc) is 3.51. The highest BCUT2D eigenvalue weighted by molar-refractivity contribution is 5.61. The smallest absolute Gasteiger partial charge is 0.226 e. The molecule has 218 valence electrons. The van der Waals surface area contributed by atoms with Gasteiger partial charge in [-0.25, -0.2) is 8.78 Å². The quantitative estimate of drug-likeness (QED) is 0.450. The van der Waals surface area contributed by atoms with E-state index < -0.39 is 41.5 Å².